The van der Waals surface area contributed by atoms with Crippen molar-refractivity contribution >= 4 is 12.0 Å². The highest BCUT2D eigenvalue weighted by Crippen LogP contribution is 2.05. The van der Waals surface area contributed by atoms with Crippen LogP contribution >= 0.6 is 0 Å². The molecule has 1 atom stereocenters. The zero-order valence-electron chi connectivity index (χ0n) is 9.02. The lowest BCUT2D eigenvalue weighted by Crippen LogP contribution is -2.39. The molecular formula is C12H16N2O2. The summed E-state index contributed by atoms with van der Waals surface area (Å²) in [7, 11) is 0. The number of aliphatic hydroxyl groups excluding tert-OH is 1. The standard InChI is InChI=1S/C12H16N2O2/c1-2-9-3-5-10(6-4-9)12(16)14-7-11(13)8-15/h2-6,11,15H,1,7-8,13H2,(H,14,16)/t11-/m0/s1. The van der Waals surface area contributed by atoms with E-state index >= 15 is 0 Å². The Morgan fingerprint density at radius 3 is 2.62 bits per heavy atom. The third-order valence-electron chi connectivity index (χ3n) is 2.17. The van der Waals surface area contributed by atoms with Gasteiger partial charge in [-0.15, -0.1) is 0 Å². The number of hydrogen-bond donors (Lipinski definition) is 3. The Kier molecular flexibility index (Phi) is 4.69. The van der Waals surface area contributed by atoms with Crippen LogP contribution < -0.4 is 11.1 Å². The minimum Gasteiger partial charge on any atom is -0.395 e. The van der Waals surface area contributed by atoms with Gasteiger partial charge in [0.2, 0.25) is 0 Å². The molecule has 0 aliphatic heterocycles. The van der Waals surface area contributed by atoms with Crippen LogP contribution in [-0.4, -0.2) is 30.2 Å². The molecular weight excluding hydrogens is 204 g/mol. The minimum atomic E-state index is -0.420. The van der Waals surface area contributed by atoms with Gasteiger partial charge in [-0.3, -0.25) is 4.79 Å². The normalized spacial score (nSPS) is 11.9. The van der Waals surface area contributed by atoms with Gasteiger partial charge in [-0.05, 0) is 17.7 Å². The van der Waals surface area contributed by atoms with Crippen molar-refractivity contribution in [3.63, 3.8) is 0 Å². The third-order valence-corrected chi connectivity index (χ3v) is 2.17. The summed E-state index contributed by atoms with van der Waals surface area (Å²) >= 11 is 0. The van der Waals surface area contributed by atoms with Crippen molar-refractivity contribution in [3.05, 3.63) is 42.0 Å². The molecule has 0 spiro atoms. The number of carbonyl (C=O) groups is 1. The molecule has 0 bridgehead atoms. The number of nitrogens with one attached hydrogen (secondary N) is 1. The highest BCUT2D eigenvalue weighted by Gasteiger charge is 2.06. The first-order valence-corrected chi connectivity index (χ1v) is 5.04. The molecule has 0 unspecified atom stereocenters. The summed E-state index contributed by atoms with van der Waals surface area (Å²) in [6, 6.07) is 6.64. The Morgan fingerprint density at radius 1 is 1.50 bits per heavy atom. The van der Waals surface area contributed by atoms with Gasteiger partial charge in [0.25, 0.3) is 5.91 Å². The summed E-state index contributed by atoms with van der Waals surface area (Å²) in [5.74, 6) is -0.195. The smallest absolute Gasteiger partial charge is 0.251 e. The second-order valence-electron chi connectivity index (χ2n) is 3.48. The summed E-state index contributed by atoms with van der Waals surface area (Å²) < 4.78 is 0. The maximum atomic E-state index is 11.6. The monoisotopic (exact) mass is 220 g/mol. The Balaban J connectivity index is 2.56. The van der Waals surface area contributed by atoms with Gasteiger partial charge in [-0.2, -0.15) is 0 Å². The molecule has 0 aromatic heterocycles. The highest BCUT2D eigenvalue weighted by atomic mass is 16.3. The van der Waals surface area contributed by atoms with Gasteiger partial charge in [-0.25, -0.2) is 0 Å². The van der Waals surface area contributed by atoms with Crippen molar-refractivity contribution in [1.82, 2.24) is 5.32 Å². The Morgan fingerprint density at radius 2 is 2.12 bits per heavy atom. The van der Waals surface area contributed by atoms with Gasteiger partial charge < -0.3 is 16.2 Å². The van der Waals surface area contributed by atoms with E-state index in [1.807, 2.05) is 12.1 Å². The van der Waals surface area contributed by atoms with E-state index in [-0.39, 0.29) is 19.1 Å². The fraction of sp³-hybridized carbons (Fsp3) is 0.250. The van der Waals surface area contributed by atoms with E-state index in [2.05, 4.69) is 11.9 Å². The number of benzene rings is 1. The Labute approximate surface area is 94.8 Å². The number of amides is 1. The van der Waals surface area contributed by atoms with Crippen LogP contribution in [0.25, 0.3) is 6.08 Å². The molecule has 4 N–H and O–H groups in total. The fourth-order valence-corrected chi connectivity index (χ4v) is 1.16. The Bertz CT molecular complexity index is 360. The molecule has 0 aliphatic rings. The van der Waals surface area contributed by atoms with Crippen molar-refractivity contribution in [2.24, 2.45) is 5.73 Å². The van der Waals surface area contributed by atoms with Gasteiger partial charge in [0.15, 0.2) is 0 Å². The van der Waals surface area contributed by atoms with Gasteiger partial charge >= 0.3 is 0 Å². The van der Waals surface area contributed by atoms with Crippen molar-refractivity contribution in [1.29, 1.82) is 0 Å². The van der Waals surface area contributed by atoms with Crippen LogP contribution in [-0.2, 0) is 0 Å². The van der Waals surface area contributed by atoms with Crippen molar-refractivity contribution < 1.29 is 9.90 Å². The van der Waals surface area contributed by atoms with E-state index in [0.717, 1.165) is 5.56 Å². The van der Waals surface area contributed by atoms with Crippen molar-refractivity contribution in [2.75, 3.05) is 13.2 Å². The summed E-state index contributed by atoms with van der Waals surface area (Å²) in [6.07, 6.45) is 1.71. The maximum Gasteiger partial charge on any atom is 0.251 e. The van der Waals surface area contributed by atoms with Crippen LogP contribution in [0.1, 0.15) is 15.9 Å². The predicted octanol–water partition coefficient (Wildman–Crippen LogP) is 0.379. The maximum absolute atomic E-state index is 11.6. The van der Waals surface area contributed by atoms with Gasteiger partial charge in [0, 0.05) is 18.2 Å². The van der Waals surface area contributed by atoms with Crippen LogP contribution in [0, 0.1) is 0 Å². The van der Waals surface area contributed by atoms with Gasteiger partial charge in [0.1, 0.15) is 0 Å². The molecule has 4 heteroatoms. The van der Waals surface area contributed by atoms with E-state index in [1.165, 1.54) is 0 Å². The van der Waals surface area contributed by atoms with E-state index in [4.69, 9.17) is 10.8 Å². The second kappa shape index (κ2) is 6.05. The molecule has 1 aromatic carbocycles. The lowest BCUT2D eigenvalue weighted by molar-refractivity contribution is 0.0948. The molecule has 1 amide bonds. The van der Waals surface area contributed by atoms with E-state index in [0.29, 0.717) is 5.56 Å². The second-order valence-corrected chi connectivity index (χ2v) is 3.48. The van der Waals surface area contributed by atoms with Crippen LogP contribution in [0.5, 0.6) is 0 Å². The lowest BCUT2D eigenvalue weighted by Gasteiger charge is -2.09. The molecule has 16 heavy (non-hydrogen) atoms. The predicted molar refractivity (Wildman–Crippen MR) is 63.9 cm³/mol. The molecule has 0 saturated heterocycles. The Hall–Kier alpha value is -1.65. The molecule has 0 fully saturated rings. The van der Waals surface area contributed by atoms with Gasteiger partial charge in [-0.1, -0.05) is 24.8 Å². The first-order valence-electron chi connectivity index (χ1n) is 5.04. The summed E-state index contributed by atoms with van der Waals surface area (Å²) in [5, 5.41) is 11.3. The van der Waals surface area contributed by atoms with Crippen molar-refractivity contribution in [2.45, 2.75) is 6.04 Å². The molecule has 0 saturated carbocycles. The molecule has 0 aliphatic carbocycles. The molecule has 0 radical (unpaired) electrons. The molecule has 1 aromatic rings. The summed E-state index contributed by atoms with van der Waals surface area (Å²) in [6.45, 7) is 3.75. The quantitative estimate of drug-likeness (QED) is 0.671. The lowest BCUT2D eigenvalue weighted by atomic mass is 10.1. The topological polar surface area (TPSA) is 75.4 Å². The zero-order chi connectivity index (χ0) is 12.0. The minimum absolute atomic E-state index is 0.143. The van der Waals surface area contributed by atoms with Gasteiger partial charge in [0.05, 0.1) is 6.61 Å². The number of carbonyl (C=O) groups excluding carboxylic acids is 1. The largest absolute Gasteiger partial charge is 0.395 e. The number of aliphatic hydroxyl groups is 1. The average molecular weight is 220 g/mol. The zero-order valence-corrected chi connectivity index (χ0v) is 9.02. The number of nitrogens with two attached hydrogens (primary N) is 1. The summed E-state index contributed by atoms with van der Waals surface area (Å²) in [5.41, 5.74) is 6.99. The van der Waals surface area contributed by atoms with E-state index < -0.39 is 6.04 Å². The number of hydrogen-bond acceptors (Lipinski definition) is 3. The third kappa shape index (κ3) is 3.49. The first-order chi connectivity index (χ1) is 7.67. The average Bonchev–Trinajstić information content (AvgIpc) is 2.35. The van der Waals surface area contributed by atoms with Crippen molar-refractivity contribution in [3.8, 4) is 0 Å². The molecule has 0 heterocycles. The molecule has 1 rings (SSSR count). The van der Waals surface area contributed by atoms with Crippen LogP contribution in [0.2, 0.25) is 0 Å². The molecule has 4 nitrogen and oxygen atoms in total. The molecule has 86 valence electrons. The van der Waals surface area contributed by atoms with Crippen LogP contribution in [0.15, 0.2) is 30.8 Å². The number of rotatable bonds is 5. The van der Waals surface area contributed by atoms with Crippen LogP contribution in [0.4, 0.5) is 0 Å². The summed E-state index contributed by atoms with van der Waals surface area (Å²) in [4.78, 5) is 11.6. The van der Waals surface area contributed by atoms with E-state index in [1.54, 1.807) is 18.2 Å². The van der Waals surface area contributed by atoms with Crippen LogP contribution in [0.3, 0.4) is 0 Å². The fourth-order valence-electron chi connectivity index (χ4n) is 1.16. The SMILES string of the molecule is C=Cc1ccc(C(=O)NC[C@H](N)CO)cc1. The highest BCUT2D eigenvalue weighted by molar-refractivity contribution is 5.94. The van der Waals surface area contributed by atoms with E-state index in [9.17, 15) is 4.79 Å². The first kappa shape index (κ1) is 12.4.